The summed E-state index contributed by atoms with van der Waals surface area (Å²) < 4.78 is 0. The first-order valence-corrected chi connectivity index (χ1v) is 4.99. The van der Waals surface area contributed by atoms with Gasteiger partial charge < -0.3 is 5.32 Å². The zero-order valence-electron chi connectivity index (χ0n) is 9.28. The molecule has 0 aliphatic carbocycles. The second kappa shape index (κ2) is 4.77. The molecule has 0 aliphatic rings. The third-order valence-electron chi connectivity index (χ3n) is 2.05. The smallest absolute Gasteiger partial charge is 0.292 e. The number of nitro groups is 1. The summed E-state index contributed by atoms with van der Waals surface area (Å²) in [5, 5.41) is 13.8. The molecule has 0 atom stereocenters. The minimum Gasteiger partial charge on any atom is -0.379 e. The van der Waals surface area contributed by atoms with Gasteiger partial charge in [0.05, 0.1) is 4.92 Å². The van der Waals surface area contributed by atoms with Gasteiger partial charge in [0.15, 0.2) is 0 Å². The molecular weight excluding hydrogens is 192 g/mol. The van der Waals surface area contributed by atoms with E-state index in [9.17, 15) is 10.1 Å². The Morgan fingerprint density at radius 3 is 2.67 bits per heavy atom. The van der Waals surface area contributed by atoms with Crippen LogP contribution in [0.4, 0.5) is 11.4 Å². The van der Waals surface area contributed by atoms with E-state index >= 15 is 0 Å². The maximum atomic E-state index is 10.7. The van der Waals surface area contributed by atoms with Crippen LogP contribution in [0.2, 0.25) is 0 Å². The monoisotopic (exact) mass is 208 g/mol. The molecule has 0 spiro atoms. The van der Waals surface area contributed by atoms with Crippen molar-refractivity contribution in [2.24, 2.45) is 5.92 Å². The summed E-state index contributed by atoms with van der Waals surface area (Å²) in [6.45, 7) is 6.79. The zero-order valence-corrected chi connectivity index (χ0v) is 9.28. The number of nitrogens with one attached hydrogen (secondary N) is 1. The van der Waals surface area contributed by atoms with E-state index in [1.54, 1.807) is 12.1 Å². The number of nitro benzene ring substituents is 1. The Hall–Kier alpha value is -1.58. The van der Waals surface area contributed by atoms with Crippen LogP contribution in [0.25, 0.3) is 0 Å². The Balaban J connectivity index is 2.92. The van der Waals surface area contributed by atoms with Gasteiger partial charge in [-0.25, -0.2) is 0 Å². The van der Waals surface area contributed by atoms with Crippen molar-refractivity contribution in [2.45, 2.75) is 20.8 Å². The van der Waals surface area contributed by atoms with E-state index in [0.717, 1.165) is 12.1 Å². The maximum Gasteiger partial charge on any atom is 0.292 e. The van der Waals surface area contributed by atoms with Crippen molar-refractivity contribution < 1.29 is 4.92 Å². The normalized spacial score (nSPS) is 10.4. The van der Waals surface area contributed by atoms with Gasteiger partial charge in [-0.1, -0.05) is 19.9 Å². The van der Waals surface area contributed by atoms with Gasteiger partial charge in [-0.3, -0.25) is 10.1 Å². The van der Waals surface area contributed by atoms with Crippen molar-refractivity contribution in [2.75, 3.05) is 11.9 Å². The molecular formula is C11H16N2O2. The number of hydrogen-bond donors (Lipinski definition) is 1. The molecule has 0 saturated heterocycles. The maximum absolute atomic E-state index is 10.7. The fraction of sp³-hybridized carbons (Fsp3) is 0.455. The molecule has 0 amide bonds. The minimum absolute atomic E-state index is 0.140. The summed E-state index contributed by atoms with van der Waals surface area (Å²) in [7, 11) is 0. The largest absolute Gasteiger partial charge is 0.379 e. The van der Waals surface area contributed by atoms with Crippen molar-refractivity contribution in [1.82, 2.24) is 0 Å². The van der Waals surface area contributed by atoms with E-state index in [0.29, 0.717) is 11.6 Å². The lowest BCUT2D eigenvalue weighted by Gasteiger charge is -2.09. The second-order valence-corrected chi connectivity index (χ2v) is 4.05. The van der Waals surface area contributed by atoms with Crippen LogP contribution in [0.5, 0.6) is 0 Å². The quantitative estimate of drug-likeness (QED) is 0.611. The number of benzene rings is 1. The summed E-state index contributed by atoms with van der Waals surface area (Å²) >= 11 is 0. The molecule has 1 aromatic rings. The van der Waals surface area contributed by atoms with Crippen molar-refractivity contribution in [3.05, 3.63) is 33.9 Å². The highest BCUT2D eigenvalue weighted by atomic mass is 16.6. The lowest BCUT2D eigenvalue weighted by molar-refractivity contribution is -0.384. The van der Waals surface area contributed by atoms with Crippen molar-refractivity contribution in [1.29, 1.82) is 0 Å². The van der Waals surface area contributed by atoms with Crippen LogP contribution >= 0.6 is 0 Å². The van der Waals surface area contributed by atoms with Crippen LogP contribution in [0, 0.1) is 23.0 Å². The minimum atomic E-state index is -0.359. The number of aryl methyl sites for hydroxylation is 1. The van der Waals surface area contributed by atoms with Crippen molar-refractivity contribution in [3.63, 3.8) is 0 Å². The first-order chi connectivity index (χ1) is 7.00. The molecule has 0 unspecified atom stereocenters. The highest BCUT2D eigenvalue weighted by Gasteiger charge is 2.12. The Kier molecular flexibility index (Phi) is 3.66. The summed E-state index contributed by atoms with van der Waals surface area (Å²) in [5.74, 6) is 0.463. The van der Waals surface area contributed by atoms with Crippen LogP contribution in [0.3, 0.4) is 0 Å². The van der Waals surface area contributed by atoms with Crippen LogP contribution in [-0.4, -0.2) is 11.5 Å². The van der Waals surface area contributed by atoms with Gasteiger partial charge in [-0.2, -0.15) is 0 Å². The molecule has 0 heterocycles. The van der Waals surface area contributed by atoms with E-state index < -0.39 is 0 Å². The molecule has 1 rings (SSSR count). The Morgan fingerprint density at radius 1 is 1.47 bits per heavy atom. The molecule has 0 aromatic heterocycles. The fourth-order valence-electron chi connectivity index (χ4n) is 1.26. The molecule has 1 N–H and O–H groups in total. The fourth-order valence-corrected chi connectivity index (χ4v) is 1.26. The number of hydrogen-bond acceptors (Lipinski definition) is 3. The SMILES string of the molecule is Cc1ccc([N+](=O)[O-])c(NCC(C)C)c1. The molecule has 0 bridgehead atoms. The molecule has 82 valence electrons. The second-order valence-electron chi connectivity index (χ2n) is 4.05. The molecule has 15 heavy (non-hydrogen) atoms. The lowest BCUT2D eigenvalue weighted by Crippen LogP contribution is -2.09. The van der Waals surface area contributed by atoms with Gasteiger partial charge in [-0.15, -0.1) is 0 Å². The predicted octanol–water partition coefficient (Wildman–Crippen LogP) is 2.97. The van der Waals surface area contributed by atoms with Crippen LogP contribution in [0.15, 0.2) is 18.2 Å². The van der Waals surface area contributed by atoms with Gasteiger partial charge in [0.25, 0.3) is 5.69 Å². The first-order valence-electron chi connectivity index (χ1n) is 4.99. The first kappa shape index (κ1) is 11.5. The van der Waals surface area contributed by atoms with E-state index in [4.69, 9.17) is 0 Å². The highest BCUT2D eigenvalue weighted by molar-refractivity contribution is 5.62. The average molecular weight is 208 g/mol. The lowest BCUT2D eigenvalue weighted by atomic mass is 10.1. The summed E-state index contributed by atoms with van der Waals surface area (Å²) in [6.07, 6.45) is 0. The van der Waals surface area contributed by atoms with Gasteiger partial charge in [0, 0.05) is 12.6 Å². The van der Waals surface area contributed by atoms with E-state index in [1.807, 2.05) is 6.92 Å². The third-order valence-corrected chi connectivity index (χ3v) is 2.05. The topological polar surface area (TPSA) is 55.2 Å². The molecule has 1 aromatic carbocycles. The third kappa shape index (κ3) is 3.23. The molecule has 0 fully saturated rings. The Morgan fingerprint density at radius 2 is 2.13 bits per heavy atom. The van der Waals surface area contributed by atoms with Crippen LogP contribution in [0.1, 0.15) is 19.4 Å². The summed E-state index contributed by atoms with van der Waals surface area (Å²) in [5.41, 5.74) is 1.77. The van der Waals surface area contributed by atoms with E-state index in [1.165, 1.54) is 6.07 Å². The molecule has 4 nitrogen and oxygen atoms in total. The van der Waals surface area contributed by atoms with Gasteiger partial charge >= 0.3 is 0 Å². The van der Waals surface area contributed by atoms with Gasteiger partial charge in [0.2, 0.25) is 0 Å². The number of anilines is 1. The van der Waals surface area contributed by atoms with E-state index in [2.05, 4.69) is 19.2 Å². The zero-order chi connectivity index (χ0) is 11.4. The number of nitrogens with zero attached hydrogens (tertiary/aromatic N) is 1. The van der Waals surface area contributed by atoms with Crippen molar-refractivity contribution in [3.8, 4) is 0 Å². The number of rotatable bonds is 4. The van der Waals surface area contributed by atoms with Gasteiger partial charge in [-0.05, 0) is 24.5 Å². The molecule has 0 aliphatic heterocycles. The molecule has 4 heteroatoms. The predicted molar refractivity (Wildman–Crippen MR) is 61.2 cm³/mol. The standard InChI is InChI=1S/C11H16N2O2/c1-8(2)7-12-10-6-9(3)4-5-11(10)13(14)15/h4-6,8,12H,7H2,1-3H3. The molecule has 0 radical (unpaired) electrons. The Bertz CT molecular complexity index is 362. The molecule has 0 saturated carbocycles. The summed E-state index contributed by atoms with van der Waals surface area (Å²) in [6, 6.07) is 5.09. The van der Waals surface area contributed by atoms with Gasteiger partial charge in [0.1, 0.15) is 5.69 Å². The average Bonchev–Trinajstić information content (AvgIpc) is 2.14. The summed E-state index contributed by atoms with van der Waals surface area (Å²) in [4.78, 5) is 10.4. The van der Waals surface area contributed by atoms with Crippen LogP contribution in [-0.2, 0) is 0 Å². The highest BCUT2D eigenvalue weighted by Crippen LogP contribution is 2.25. The van der Waals surface area contributed by atoms with Crippen LogP contribution < -0.4 is 5.32 Å². The van der Waals surface area contributed by atoms with E-state index in [-0.39, 0.29) is 10.6 Å². The Labute approximate surface area is 89.5 Å². The van der Waals surface area contributed by atoms with Crippen molar-refractivity contribution >= 4 is 11.4 Å².